The van der Waals surface area contributed by atoms with E-state index in [2.05, 4.69) is 36.2 Å². The van der Waals surface area contributed by atoms with Crippen LogP contribution in [0.4, 0.5) is 5.82 Å². The predicted octanol–water partition coefficient (Wildman–Crippen LogP) is 3.36. The third-order valence-electron chi connectivity index (χ3n) is 5.82. The van der Waals surface area contributed by atoms with Crippen LogP contribution in [0.5, 0.6) is 0 Å². The molecule has 2 bridgehead atoms. The van der Waals surface area contributed by atoms with Crippen LogP contribution >= 0.6 is 0 Å². The van der Waals surface area contributed by atoms with Gasteiger partial charge in [0.25, 0.3) is 0 Å². The number of anilines is 1. The van der Waals surface area contributed by atoms with E-state index in [1.165, 1.54) is 19.3 Å². The molecular formula is C16H22N4. The van der Waals surface area contributed by atoms with Crippen molar-refractivity contribution in [2.24, 2.45) is 16.7 Å². The highest BCUT2D eigenvalue weighted by atomic mass is 15.2. The van der Waals surface area contributed by atoms with Gasteiger partial charge < -0.3 is 5.32 Å². The van der Waals surface area contributed by atoms with Gasteiger partial charge in [0.1, 0.15) is 5.82 Å². The summed E-state index contributed by atoms with van der Waals surface area (Å²) in [5.41, 5.74) is 1.67. The minimum Gasteiger partial charge on any atom is -0.366 e. The monoisotopic (exact) mass is 270 g/mol. The van der Waals surface area contributed by atoms with Gasteiger partial charge in [0.2, 0.25) is 0 Å². The summed E-state index contributed by atoms with van der Waals surface area (Å²) in [5.74, 6) is 1.83. The van der Waals surface area contributed by atoms with Crippen LogP contribution in [0.2, 0.25) is 0 Å². The molecule has 2 aromatic heterocycles. The van der Waals surface area contributed by atoms with E-state index in [0.717, 1.165) is 17.4 Å². The summed E-state index contributed by atoms with van der Waals surface area (Å²) in [6.07, 6.45) is 7.85. The molecule has 2 aliphatic carbocycles. The summed E-state index contributed by atoms with van der Waals surface area (Å²) >= 11 is 0. The van der Waals surface area contributed by atoms with Crippen LogP contribution < -0.4 is 5.32 Å². The van der Waals surface area contributed by atoms with Crippen LogP contribution in [0.25, 0.3) is 5.65 Å². The van der Waals surface area contributed by atoms with Gasteiger partial charge in [0.05, 0.1) is 6.20 Å². The molecule has 2 fully saturated rings. The normalized spacial score (nSPS) is 34.8. The van der Waals surface area contributed by atoms with Crippen molar-refractivity contribution < 1.29 is 0 Å². The summed E-state index contributed by atoms with van der Waals surface area (Å²) in [7, 11) is 0. The van der Waals surface area contributed by atoms with Crippen molar-refractivity contribution in [2.75, 3.05) is 5.32 Å². The Hall–Kier alpha value is -1.58. The smallest absolute Gasteiger partial charge is 0.157 e. The molecule has 1 N–H and O–H groups in total. The first-order valence-electron chi connectivity index (χ1n) is 7.56. The maximum atomic E-state index is 4.67. The summed E-state index contributed by atoms with van der Waals surface area (Å²) < 4.78 is 1.80. The van der Waals surface area contributed by atoms with E-state index in [0.29, 0.717) is 16.9 Å². The van der Waals surface area contributed by atoms with E-state index in [1.54, 1.807) is 10.7 Å². The first-order valence-corrected chi connectivity index (χ1v) is 7.56. The van der Waals surface area contributed by atoms with E-state index in [1.807, 2.05) is 18.3 Å². The molecule has 2 saturated carbocycles. The Morgan fingerprint density at radius 3 is 2.90 bits per heavy atom. The molecule has 2 aromatic rings. The Kier molecular flexibility index (Phi) is 2.28. The van der Waals surface area contributed by atoms with Crippen LogP contribution in [0.1, 0.15) is 40.0 Å². The fourth-order valence-corrected chi connectivity index (χ4v) is 4.70. The molecule has 4 heteroatoms. The van der Waals surface area contributed by atoms with Crippen molar-refractivity contribution in [1.82, 2.24) is 14.6 Å². The zero-order valence-corrected chi connectivity index (χ0v) is 12.4. The van der Waals surface area contributed by atoms with Crippen molar-refractivity contribution in [2.45, 2.75) is 46.1 Å². The number of nitrogens with zero attached hydrogens (tertiary/aromatic N) is 3. The minimum absolute atomic E-state index is 0.348. The number of hydrogen-bond donors (Lipinski definition) is 1. The van der Waals surface area contributed by atoms with Crippen LogP contribution in [-0.4, -0.2) is 20.6 Å². The summed E-state index contributed by atoms with van der Waals surface area (Å²) in [4.78, 5) is 4.67. The third kappa shape index (κ3) is 1.54. The molecule has 0 radical (unpaired) electrons. The minimum atomic E-state index is 0.348. The second-order valence-electron chi connectivity index (χ2n) is 7.44. The highest BCUT2D eigenvalue weighted by Crippen LogP contribution is 2.62. The van der Waals surface area contributed by atoms with Gasteiger partial charge in [-0.15, -0.1) is 0 Å². The SMILES string of the molecule is CC12CCC(C1)C(C)(C)C2Nc1ccn2nccc2n1. The van der Waals surface area contributed by atoms with Crippen molar-refractivity contribution in [3.63, 3.8) is 0 Å². The molecule has 2 heterocycles. The second kappa shape index (κ2) is 3.74. The number of nitrogens with one attached hydrogen (secondary N) is 1. The zero-order chi connectivity index (χ0) is 14.0. The Morgan fingerprint density at radius 2 is 2.15 bits per heavy atom. The quantitative estimate of drug-likeness (QED) is 0.910. The maximum Gasteiger partial charge on any atom is 0.157 e. The molecule has 0 spiro atoms. The molecule has 3 atom stereocenters. The molecule has 3 unspecified atom stereocenters. The molecule has 2 aliphatic rings. The predicted molar refractivity (Wildman–Crippen MR) is 79.6 cm³/mol. The van der Waals surface area contributed by atoms with E-state index in [9.17, 15) is 0 Å². The van der Waals surface area contributed by atoms with Crippen molar-refractivity contribution >= 4 is 11.5 Å². The van der Waals surface area contributed by atoms with Crippen LogP contribution in [0.3, 0.4) is 0 Å². The van der Waals surface area contributed by atoms with E-state index in [-0.39, 0.29) is 0 Å². The fourth-order valence-electron chi connectivity index (χ4n) is 4.70. The Bertz CT molecular complexity index is 655. The van der Waals surface area contributed by atoms with Crippen LogP contribution in [0, 0.1) is 16.7 Å². The van der Waals surface area contributed by atoms with Gasteiger partial charge in [0, 0.05) is 18.3 Å². The van der Waals surface area contributed by atoms with E-state index >= 15 is 0 Å². The zero-order valence-electron chi connectivity index (χ0n) is 12.4. The topological polar surface area (TPSA) is 42.2 Å². The maximum absolute atomic E-state index is 4.67. The largest absolute Gasteiger partial charge is 0.366 e. The van der Waals surface area contributed by atoms with Gasteiger partial charge in [-0.25, -0.2) is 9.50 Å². The molecule has 0 saturated heterocycles. The number of hydrogen-bond acceptors (Lipinski definition) is 3. The molecular weight excluding hydrogens is 248 g/mol. The standard InChI is InChI=1S/C16H22N4/c1-15(2)11-4-7-16(3,10-11)14(15)19-12-6-9-20-13(18-12)5-8-17-20/h5-6,8-9,11,14H,4,7,10H2,1-3H3,(H,18,19). The first-order chi connectivity index (χ1) is 9.49. The average Bonchev–Trinajstić information content (AvgIpc) is 3.05. The van der Waals surface area contributed by atoms with Crippen molar-refractivity contribution in [1.29, 1.82) is 0 Å². The first kappa shape index (κ1) is 12.2. The number of aromatic nitrogens is 3. The van der Waals surface area contributed by atoms with Gasteiger partial charge in [-0.2, -0.15) is 5.10 Å². The lowest BCUT2D eigenvalue weighted by Gasteiger charge is -2.43. The Labute approximate surface area is 119 Å². The van der Waals surface area contributed by atoms with Gasteiger partial charge >= 0.3 is 0 Å². The van der Waals surface area contributed by atoms with Crippen molar-refractivity contribution in [3.05, 3.63) is 24.5 Å². The highest BCUT2D eigenvalue weighted by molar-refractivity contribution is 5.47. The number of rotatable bonds is 2. The molecule has 20 heavy (non-hydrogen) atoms. The Balaban J connectivity index is 1.67. The molecule has 0 aromatic carbocycles. The van der Waals surface area contributed by atoms with Crippen molar-refractivity contribution in [3.8, 4) is 0 Å². The summed E-state index contributed by atoms with van der Waals surface area (Å²) in [6.45, 7) is 7.27. The highest BCUT2D eigenvalue weighted by Gasteiger charge is 2.59. The van der Waals surface area contributed by atoms with E-state index in [4.69, 9.17) is 0 Å². The molecule has 0 aliphatic heterocycles. The number of fused-ring (bicyclic) bond motifs is 3. The van der Waals surface area contributed by atoms with E-state index < -0.39 is 0 Å². The van der Waals surface area contributed by atoms with Crippen LogP contribution in [-0.2, 0) is 0 Å². The lowest BCUT2D eigenvalue weighted by atomic mass is 9.68. The third-order valence-corrected chi connectivity index (χ3v) is 5.82. The lowest BCUT2D eigenvalue weighted by Crippen LogP contribution is -2.46. The van der Waals surface area contributed by atoms with Gasteiger partial charge in [0.15, 0.2) is 5.65 Å². The van der Waals surface area contributed by atoms with Gasteiger partial charge in [-0.05, 0) is 42.1 Å². The molecule has 4 nitrogen and oxygen atoms in total. The summed E-state index contributed by atoms with van der Waals surface area (Å²) in [5, 5.41) is 7.93. The fraction of sp³-hybridized carbons (Fsp3) is 0.625. The van der Waals surface area contributed by atoms with Gasteiger partial charge in [-0.1, -0.05) is 20.8 Å². The lowest BCUT2D eigenvalue weighted by molar-refractivity contribution is 0.155. The second-order valence-corrected chi connectivity index (χ2v) is 7.44. The van der Waals surface area contributed by atoms with Gasteiger partial charge in [-0.3, -0.25) is 0 Å². The Morgan fingerprint density at radius 1 is 1.30 bits per heavy atom. The molecule has 0 amide bonds. The molecule has 4 rings (SSSR count). The molecule has 106 valence electrons. The average molecular weight is 270 g/mol. The summed E-state index contributed by atoms with van der Waals surface area (Å²) in [6, 6.07) is 4.48. The van der Waals surface area contributed by atoms with Crippen LogP contribution in [0.15, 0.2) is 24.5 Å².